The number of hydrogen-bond donors (Lipinski definition) is 5. The number of aromatic amines is 2. The van der Waals surface area contributed by atoms with Gasteiger partial charge in [-0.3, -0.25) is 10.3 Å². The number of rotatable bonds is 4. The molecule has 11 nitrogen and oxygen atoms in total. The summed E-state index contributed by atoms with van der Waals surface area (Å²) in [5.74, 6) is 1.45. The van der Waals surface area contributed by atoms with Crippen molar-refractivity contribution in [2.75, 3.05) is 16.0 Å². The van der Waals surface area contributed by atoms with Crippen LogP contribution in [0, 0.1) is 0 Å². The summed E-state index contributed by atoms with van der Waals surface area (Å²) in [5, 5.41) is 12.3. The second-order valence-electron chi connectivity index (χ2n) is 7.63. The Morgan fingerprint density at radius 1 is 1.10 bits per heavy atom. The van der Waals surface area contributed by atoms with Crippen molar-refractivity contribution in [3.8, 4) is 0 Å². The van der Waals surface area contributed by atoms with E-state index in [1.165, 1.54) is 6.33 Å². The van der Waals surface area contributed by atoms with Gasteiger partial charge < -0.3 is 20.1 Å². The largest absolute Gasteiger partial charge is 0.359 e. The molecule has 4 rings (SSSR count). The van der Waals surface area contributed by atoms with Crippen LogP contribution in [0.3, 0.4) is 0 Å². The van der Waals surface area contributed by atoms with E-state index in [-0.39, 0.29) is 5.41 Å². The fraction of sp³-hybridized carbons (Fsp3) is 0.211. The summed E-state index contributed by atoms with van der Waals surface area (Å²) >= 11 is 0. The maximum atomic E-state index is 12.2. The van der Waals surface area contributed by atoms with E-state index in [9.17, 15) is 9.59 Å². The van der Waals surface area contributed by atoms with Gasteiger partial charge in [0, 0.05) is 22.9 Å². The maximum Gasteiger partial charge on any atom is 0.348 e. The van der Waals surface area contributed by atoms with Crippen LogP contribution in [0.15, 0.2) is 46.0 Å². The number of nitrogens with zero attached hydrogens (tertiary/aromatic N) is 3. The molecule has 4 aromatic rings. The first-order valence-corrected chi connectivity index (χ1v) is 9.13. The molecular formula is C19H20N8O3. The number of carbonyl (C=O) groups is 1. The molecule has 0 unspecified atom stereocenters. The van der Waals surface area contributed by atoms with Gasteiger partial charge in [0.2, 0.25) is 0 Å². The second-order valence-corrected chi connectivity index (χ2v) is 7.63. The summed E-state index contributed by atoms with van der Waals surface area (Å²) in [5.41, 5.74) is 1.47. The minimum Gasteiger partial charge on any atom is -0.359 e. The van der Waals surface area contributed by atoms with Crippen molar-refractivity contribution in [2.24, 2.45) is 0 Å². The Balaban J connectivity index is 1.41. The van der Waals surface area contributed by atoms with Gasteiger partial charge in [-0.2, -0.15) is 4.98 Å². The van der Waals surface area contributed by atoms with Crippen molar-refractivity contribution in [3.05, 3.63) is 52.9 Å². The molecule has 30 heavy (non-hydrogen) atoms. The highest BCUT2D eigenvalue weighted by Gasteiger charge is 2.20. The molecule has 3 aromatic heterocycles. The molecule has 1 aromatic carbocycles. The molecule has 0 saturated carbocycles. The van der Waals surface area contributed by atoms with Crippen LogP contribution in [0.1, 0.15) is 26.5 Å². The minimum absolute atomic E-state index is 0.201. The van der Waals surface area contributed by atoms with Crippen molar-refractivity contribution < 1.29 is 9.32 Å². The number of aromatic nitrogens is 5. The maximum absolute atomic E-state index is 12.2. The van der Waals surface area contributed by atoms with Crippen LogP contribution >= 0.6 is 0 Å². The van der Waals surface area contributed by atoms with Crippen molar-refractivity contribution in [1.29, 1.82) is 0 Å². The van der Waals surface area contributed by atoms with Crippen molar-refractivity contribution >= 4 is 40.2 Å². The summed E-state index contributed by atoms with van der Waals surface area (Å²) in [6.07, 6.45) is 1.46. The zero-order valence-corrected chi connectivity index (χ0v) is 16.5. The lowest BCUT2D eigenvalue weighted by atomic mass is 9.93. The molecule has 0 fully saturated rings. The van der Waals surface area contributed by atoms with E-state index in [1.807, 2.05) is 20.8 Å². The number of urea groups is 1. The summed E-state index contributed by atoms with van der Waals surface area (Å²) in [7, 11) is 0. The lowest BCUT2D eigenvalue weighted by Crippen LogP contribution is -2.19. The molecule has 0 aliphatic rings. The lowest BCUT2D eigenvalue weighted by molar-refractivity contribution is 0.262. The summed E-state index contributed by atoms with van der Waals surface area (Å²) in [4.78, 5) is 37.1. The van der Waals surface area contributed by atoms with Gasteiger partial charge in [0.1, 0.15) is 17.1 Å². The van der Waals surface area contributed by atoms with Crippen molar-refractivity contribution in [1.82, 2.24) is 25.1 Å². The molecule has 0 bridgehead atoms. The van der Waals surface area contributed by atoms with E-state index in [1.54, 1.807) is 30.3 Å². The van der Waals surface area contributed by atoms with Crippen LogP contribution in [-0.2, 0) is 5.41 Å². The first kappa shape index (κ1) is 19.2. The Kier molecular flexibility index (Phi) is 4.70. The van der Waals surface area contributed by atoms with Gasteiger partial charge in [-0.1, -0.05) is 25.9 Å². The number of imidazole rings is 1. The Labute approximate surface area is 170 Å². The van der Waals surface area contributed by atoms with Crippen LogP contribution in [-0.4, -0.2) is 31.1 Å². The number of hydrogen-bond acceptors (Lipinski definition) is 7. The van der Waals surface area contributed by atoms with E-state index >= 15 is 0 Å². The number of nitrogens with one attached hydrogen (secondary N) is 5. The zero-order valence-electron chi connectivity index (χ0n) is 16.5. The first-order chi connectivity index (χ1) is 14.3. The van der Waals surface area contributed by atoms with Gasteiger partial charge in [-0.15, -0.1) is 0 Å². The number of carbonyl (C=O) groups excluding carboxylic acids is 1. The van der Waals surface area contributed by atoms with E-state index < -0.39 is 11.7 Å². The Hall–Kier alpha value is -4.15. The van der Waals surface area contributed by atoms with Crippen LogP contribution in [0.5, 0.6) is 0 Å². The monoisotopic (exact) mass is 408 g/mol. The highest BCUT2D eigenvalue weighted by molar-refractivity contribution is 5.99. The molecule has 11 heteroatoms. The highest BCUT2D eigenvalue weighted by Crippen LogP contribution is 2.25. The molecule has 0 aliphatic carbocycles. The van der Waals surface area contributed by atoms with Gasteiger partial charge in [-0.25, -0.2) is 14.6 Å². The normalized spacial score (nSPS) is 11.4. The van der Waals surface area contributed by atoms with Gasteiger partial charge in [-0.05, 0) is 24.3 Å². The van der Waals surface area contributed by atoms with Crippen molar-refractivity contribution in [2.45, 2.75) is 26.2 Å². The van der Waals surface area contributed by atoms with Crippen LogP contribution in [0.2, 0.25) is 0 Å². The average molecular weight is 408 g/mol. The number of fused-ring (bicyclic) bond motifs is 1. The Bertz CT molecular complexity index is 1250. The highest BCUT2D eigenvalue weighted by atomic mass is 16.5. The molecule has 0 spiro atoms. The lowest BCUT2D eigenvalue weighted by Gasteiger charge is -2.12. The third-order valence-electron chi connectivity index (χ3n) is 4.21. The van der Waals surface area contributed by atoms with E-state index in [0.717, 1.165) is 0 Å². The SMILES string of the molecule is CC(C)(C)c1cc(NC(=O)Nc2ccc(Nc3[nH]c(=O)nc4nc[nH]c34)cc2)no1. The summed E-state index contributed by atoms with van der Waals surface area (Å²) < 4.78 is 5.25. The third kappa shape index (κ3) is 4.14. The topological polar surface area (TPSA) is 154 Å². The standard InChI is InChI=1S/C19H20N8O3/c1-19(2,3)12-8-13(27-30-12)24-17(28)23-11-6-4-10(5-7-11)22-16-14-15(21-9-20-14)25-18(29)26-16/h4-9H,1-3H3,(H2,23,24,27,28)(H3,20,21,22,25,26,29). The molecule has 5 N–H and O–H groups in total. The molecule has 0 aliphatic heterocycles. The molecule has 2 amide bonds. The second kappa shape index (κ2) is 7.35. The van der Waals surface area contributed by atoms with E-state index in [2.05, 4.69) is 41.0 Å². The smallest absolute Gasteiger partial charge is 0.348 e. The number of anilines is 4. The van der Waals surface area contributed by atoms with Gasteiger partial charge >= 0.3 is 11.7 Å². The number of amides is 2. The Morgan fingerprint density at radius 2 is 1.83 bits per heavy atom. The average Bonchev–Trinajstić information content (AvgIpc) is 3.32. The van der Waals surface area contributed by atoms with E-state index in [4.69, 9.17) is 4.52 Å². The molecule has 0 radical (unpaired) electrons. The third-order valence-corrected chi connectivity index (χ3v) is 4.21. The predicted octanol–water partition coefficient (Wildman–Crippen LogP) is 3.32. The van der Waals surface area contributed by atoms with Gasteiger partial charge in [0.25, 0.3) is 0 Å². The van der Waals surface area contributed by atoms with Crippen LogP contribution in [0.25, 0.3) is 11.2 Å². The molecular weight excluding hydrogens is 388 g/mol. The quantitative estimate of drug-likeness (QED) is 0.347. The van der Waals surface area contributed by atoms with Gasteiger partial charge in [0.15, 0.2) is 11.5 Å². The summed E-state index contributed by atoms with van der Waals surface area (Å²) in [6, 6.07) is 8.19. The van der Waals surface area contributed by atoms with Crippen molar-refractivity contribution in [3.63, 3.8) is 0 Å². The van der Waals surface area contributed by atoms with Gasteiger partial charge in [0.05, 0.1) is 6.33 Å². The predicted molar refractivity (Wildman–Crippen MR) is 112 cm³/mol. The first-order valence-electron chi connectivity index (χ1n) is 9.13. The molecule has 154 valence electrons. The summed E-state index contributed by atoms with van der Waals surface area (Å²) in [6.45, 7) is 5.98. The Morgan fingerprint density at radius 3 is 2.53 bits per heavy atom. The number of H-pyrrole nitrogens is 2. The molecule has 0 atom stereocenters. The van der Waals surface area contributed by atoms with Crippen LogP contribution < -0.4 is 21.6 Å². The fourth-order valence-corrected chi connectivity index (χ4v) is 2.69. The van der Waals surface area contributed by atoms with Crippen LogP contribution in [0.4, 0.5) is 27.8 Å². The zero-order chi connectivity index (χ0) is 21.3. The minimum atomic E-state index is -0.505. The molecule has 0 saturated heterocycles. The van der Waals surface area contributed by atoms with E-state index in [0.29, 0.717) is 39.9 Å². The molecule has 3 heterocycles. The number of benzene rings is 1. The fourth-order valence-electron chi connectivity index (χ4n) is 2.69.